The first-order chi connectivity index (χ1) is 26.6. The van der Waals surface area contributed by atoms with Crippen LogP contribution in [0.2, 0.25) is 22.2 Å². The minimum absolute atomic E-state index is 0.0226. The Labute approximate surface area is 337 Å². The quantitative estimate of drug-likeness (QED) is 0.0950. The van der Waals surface area contributed by atoms with Crippen LogP contribution in [0.4, 0.5) is 5.95 Å². The molecule has 0 aromatic carbocycles. The standard InChI is InChI=1S/C32H53N7O13P2SSi2/c1-17(2)56(44,18(3)4)52-57(19(5)6,20(7)8)51-27-24-14-46-54(43,55)49-23-12-22(47-25-9-10-34-15-35-25)11-21(23)13-45-53(41,42)50-28(27)31(48-24)39-16-36-26-29(39)37-32(33)38-30(26)40/h9-10,15-24,27-28,31,44H,11-14H2,1-8H3,(H,41,42)(H,43,55)(H3,33,37,38,40)/t21-,22-,23+,24-,27-,28-,31-,54-/m1/s1. The largest absolute Gasteiger partial charge is 0.474 e. The van der Waals surface area contributed by atoms with Crippen molar-refractivity contribution >= 4 is 61.1 Å². The molecule has 6 rings (SSSR count). The number of hydrogen-bond acceptors (Lipinski definition) is 17. The van der Waals surface area contributed by atoms with E-state index in [9.17, 15) is 23.6 Å². The van der Waals surface area contributed by atoms with Gasteiger partial charge in [-0.15, -0.1) is 0 Å². The maximum absolute atomic E-state index is 14.1. The molecule has 20 nitrogen and oxygen atoms in total. The van der Waals surface area contributed by atoms with E-state index >= 15 is 0 Å². The Kier molecular flexibility index (Phi) is 13.4. The van der Waals surface area contributed by atoms with Gasteiger partial charge in [-0.25, -0.2) is 24.1 Å². The maximum atomic E-state index is 14.1. The molecule has 0 radical (unpaired) electrons. The van der Waals surface area contributed by atoms with Gasteiger partial charge in [0.25, 0.3) is 5.56 Å². The molecule has 3 aromatic heterocycles. The van der Waals surface area contributed by atoms with Gasteiger partial charge in [0.15, 0.2) is 17.4 Å². The monoisotopic (exact) mass is 893 g/mol. The molecule has 318 valence electrons. The summed E-state index contributed by atoms with van der Waals surface area (Å²) in [6, 6.07) is 1.58. The molecule has 3 fully saturated rings. The summed E-state index contributed by atoms with van der Waals surface area (Å²) in [5, 5.41) is 0. The molecule has 3 aromatic rings. The number of aromatic amines is 1. The summed E-state index contributed by atoms with van der Waals surface area (Å²) in [5.41, 5.74) is 4.12. The molecule has 1 saturated carbocycles. The summed E-state index contributed by atoms with van der Waals surface area (Å²) in [6.07, 6.45) is -2.16. The minimum Gasteiger partial charge on any atom is -0.474 e. The van der Waals surface area contributed by atoms with Gasteiger partial charge in [-0.2, -0.15) is 4.98 Å². The molecule has 57 heavy (non-hydrogen) atoms. The van der Waals surface area contributed by atoms with Crippen molar-refractivity contribution in [1.29, 1.82) is 0 Å². The Morgan fingerprint density at radius 1 is 1.00 bits per heavy atom. The second-order valence-electron chi connectivity index (χ2n) is 15.9. The second kappa shape index (κ2) is 17.1. The number of phosphoric acid groups is 1. The van der Waals surface area contributed by atoms with Crippen LogP contribution >= 0.6 is 26.9 Å². The number of rotatable bonds is 11. The minimum atomic E-state index is -5.03. The van der Waals surface area contributed by atoms with Crippen LogP contribution in [0.5, 0.6) is 5.88 Å². The number of phosphoric ester groups is 1. The third-order valence-electron chi connectivity index (χ3n) is 10.7. The number of nitrogen functional groups attached to an aromatic ring is 1. The lowest BCUT2D eigenvalue weighted by molar-refractivity contribution is -0.0520. The molecule has 25 heteroatoms. The molecule has 1 unspecified atom stereocenters. The summed E-state index contributed by atoms with van der Waals surface area (Å²) in [5.74, 6) is -0.539. The Hall–Kier alpha value is -2.09. The molecule has 5 heterocycles. The van der Waals surface area contributed by atoms with E-state index in [1.807, 2.05) is 55.4 Å². The second-order valence-corrected chi connectivity index (χ2v) is 28.8. The zero-order chi connectivity index (χ0) is 41.7. The van der Waals surface area contributed by atoms with Crippen molar-refractivity contribution in [1.82, 2.24) is 29.5 Å². The lowest BCUT2D eigenvalue weighted by atomic mass is 10.1. The number of nitrogens with zero attached hydrogens (tertiary/aromatic N) is 5. The fourth-order valence-corrected chi connectivity index (χ4v) is 20.2. The van der Waals surface area contributed by atoms with Gasteiger partial charge in [-0.05, 0) is 28.6 Å². The van der Waals surface area contributed by atoms with E-state index < -0.39 is 86.6 Å². The summed E-state index contributed by atoms with van der Waals surface area (Å²) in [6.45, 7) is 10.3. The highest BCUT2D eigenvalue weighted by Gasteiger charge is 2.60. The van der Waals surface area contributed by atoms with Crippen LogP contribution in [0.1, 0.15) is 74.5 Å². The molecule has 1 aliphatic carbocycles. The fraction of sp³-hybridized carbons (Fsp3) is 0.719. The van der Waals surface area contributed by atoms with Crippen LogP contribution in [0.3, 0.4) is 0 Å². The topological polar surface area (TPSA) is 264 Å². The van der Waals surface area contributed by atoms with Crippen molar-refractivity contribution in [3.8, 4) is 5.88 Å². The van der Waals surface area contributed by atoms with Crippen LogP contribution in [-0.2, 0) is 40.5 Å². The Morgan fingerprint density at radius 3 is 2.33 bits per heavy atom. The smallest absolute Gasteiger partial charge is 0.472 e. The van der Waals surface area contributed by atoms with Crippen molar-refractivity contribution in [2.75, 3.05) is 18.9 Å². The van der Waals surface area contributed by atoms with Gasteiger partial charge < -0.3 is 33.4 Å². The molecule has 5 N–H and O–H groups in total. The number of hydrogen-bond donors (Lipinski definition) is 5. The van der Waals surface area contributed by atoms with Crippen molar-refractivity contribution < 1.29 is 54.9 Å². The Morgan fingerprint density at radius 2 is 1.70 bits per heavy atom. The van der Waals surface area contributed by atoms with E-state index in [1.54, 1.807) is 6.07 Å². The molecular weight excluding hydrogens is 841 g/mol. The summed E-state index contributed by atoms with van der Waals surface area (Å²) in [4.78, 5) is 55.4. The first-order valence-corrected chi connectivity index (χ1v) is 27.0. The number of fused-ring (bicyclic) bond motifs is 4. The molecule has 2 saturated heterocycles. The molecule has 0 spiro atoms. The van der Waals surface area contributed by atoms with Crippen molar-refractivity contribution in [2.45, 2.75) is 127 Å². The number of imidazole rings is 1. The van der Waals surface area contributed by atoms with Gasteiger partial charge in [0.2, 0.25) is 11.8 Å². The SMILES string of the molecule is CC(C)[Si](O)(O[Si](O[C@H]1[C@H]2OP(=O)(O)OC[C@H]3C[C@@H](Oc4ccncn4)C[C@@H]3O[P@](=O)(S)OC[C@H]1O[C@H]2n1cnc2c(=O)[nH]c(N)nc21)(C(C)C)C(C)C)C(C)C. The van der Waals surface area contributed by atoms with Crippen molar-refractivity contribution in [3.63, 3.8) is 0 Å². The number of ether oxygens (including phenoxy) is 2. The van der Waals surface area contributed by atoms with E-state index in [-0.39, 0.29) is 58.7 Å². The predicted molar refractivity (Wildman–Crippen MR) is 214 cm³/mol. The number of nitrogens with one attached hydrogen (secondary N) is 1. The van der Waals surface area contributed by atoms with Crippen LogP contribution < -0.4 is 16.0 Å². The average molecular weight is 894 g/mol. The van der Waals surface area contributed by atoms with E-state index in [2.05, 4.69) is 37.2 Å². The predicted octanol–water partition coefficient (Wildman–Crippen LogP) is 5.12. The van der Waals surface area contributed by atoms with Gasteiger partial charge in [0.05, 0.1) is 25.6 Å². The highest BCUT2D eigenvalue weighted by atomic mass is 32.7. The molecule has 9 atom stereocenters. The van der Waals surface area contributed by atoms with Crippen LogP contribution in [0, 0.1) is 5.92 Å². The number of thiol groups is 1. The van der Waals surface area contributed by atoms with Gasteiger partial charge >= 0.3 is 31.7 Å². The van der Waals surface area contributed by atoms with Crippen molar-refractivity contribution in [2.24, 2.45) is 5.92 Å². The summed E-state index contributed by atoms with van der Waals surface area (Å²) < 4.78 is 79.9. The maximum Gasteiger partial charge on any atom is 0.472 e. The van der Waals surface area contributed by atoms with E-state index in [4.69, 9.17) is 41.8 Å². The zero-order valence-corrected chi connectivity index (χ0v) is 37.7. The van der Waals surface area contributed by atoms with Crippen LogP contribution in [-0.4, -0.2) is 100 Å². The number of H-pyrrole nitrogens is 1. The Balaban J connectivity index is 1.43. The van der Waals surface area contributed by atoms with E-state index in [1.165, 1.54) is 23.4 Å². The highest BCUT2D eigenvalue weighted by molar-refractivity contribution is 8.44. The molecule has 2 bridgehead atoms. The zero-order valence-electron chi connectivity index (χ0n) is 33.0. The van der Waals surface area contributed by atoms with E-state index in [0.717, 1.165) is 0 Å². The lowest BCUT2D eigenvalue weighted by Crippen LogP contribution is -2.62. The van der Waals surface area contributed by atoms with Crippen LogP contribution in [0.15, 0.2) is 29.7 Å². The summed E-state index contributed by atoms with van der Waals surface area (Å²) >= 11 is 4.34. The molecular formula is C32H53N7O13P2SSi2. The van der Waals surface area contributed by atoms with Gasteiger partial charge in [0, 0.05) is 24.6 Å². The van der Waals surface area contributed by atoms with Gasteiger partial charge in [-0.3, -0.25) is 32.4 Å². The fourth-order valence-electron chi connectivity index (χ4n) is 7.72. The lowest BCUT2D eigenvalue weighted by Gasteiger charge is -2.47. The number of aromatic nitrogens is 6. The first kappa shape index (κ1) is 44.5. The highest BCUT2D eigenvalue weighted by Crippen LogP contribution is 2.59. The normalized spacial score (nSPS) is 31.8. The number of anilines is 1. The third-order valence-corrected chi connectivity index (χ3v) is 23.1. The van der Waals surface area contributed by atoms with E-state index in [0.29, 0.717) is 5.88 Å². The third kappa shape index (κ3) is 9.46. The van der Waals surface area contributed by atoms with Crippen molar-refractivity contribution in [3.05, 3.63) is 35.3 Å². The molecule has 0 amide bonds. The molecule has 3 aliphatic rings. The first-order valence-electron chi connectivity index (χ1n) is 18.9. The van der Waals surface area contributed by atoms with Gasteiger partial charge in [-0.1, -0.05) is 67.6 Å². The van der Waals surface area contributed by atoms with Gasteiger partial charge in [0.1, 0.15) is 30.7 Å². The number of nitrogens with two attached hydrogens (primary N) is 1. The Bertz CT molecular complexity index is 2020. The molecule has 2 aliphatic heterocycles. The average Bonchev–Trinajstić information content (AvgIpc) is 3.80. The van der Waals surface area contributed by atoms with Crippen LogP contribution in [0.25, 0.3) is 11.2 Å². The summed E-state index contributed by atoms with van der Waals surface area (Å²) in [7, 11) is -12.2.